The van der Waals surface area contributed by atoms with E-state index in [1.165, 1.54) is 0 Å². The smallest absolute Gasteiger partial charge is 0.261 e. The van der Waals surface area contributed by atoms with Gasteiger partial charge in [0.15, 0.2) is 0 Å². The standard InChI is InChI=1S/C18H18N4O2/c1-21-11-13(10-19-21)16-7-4-8-22(16)18(24)14-9-12-5-2-3-6-15(12)20-17(14)23/h2-3,5-6,9-11,16H,4,7-8H2,1H3,(H,20,23). The van der Waals surface area contributed by atoms with Crippen molar-refractivity contribution in [3.05, 3.63) is 64.2 Å². The minimum atomic E-state index is -0.337. The minimum absolute atomic E-state index is 0.0166. The third-order valence-corrected chi connectivity index (χ3v) is 4.61. The second-order valence-electron chi connectivity index (χ2n) is 6.20. The molecular formula is C18H18N4O2. The van der Waals surface area contributed by atoms with Gasteiger partial charge in [0, 0.05) is 30.9 Å². The maximum absolute atomic E-state index is 13.0. The summed E-state index contributed by atoms with van der Waals surface area (Å²) in [5, 5.41) is 5.06. The van der Waals surface area contributed by atoms with Crippen molar-refractivity contribution in [2.45, 2.75) is 18.9 Å². The van der Waals surface area contributed by atoms with Crippen LogP contribution in [0.2, 0.25) is 0 Å². The number of hydrogen-bond donors (Lipinski definition) is 1. The average Bonchev–Trinajstić information content (AvgIpc) is 3.22. The maximum Gasteiger partial charge on any atom is 0.261 e. The number of fused-ring (bicyclic) bond motifs is 1. The summed E-state index contributed by atoms with van der Waals surface area (Å²) in [6, 6.07) is 9.15. The van der Waals surface area contributed by atoms with Gasteiger partial charge in [-0.3, -0.25) is 14.3 Å². The van der Waals surface area contributed by atoms with Crippen molar-refractivity contribution < 1.29 is 4.79 Å². The van der Waals surface area contributed by atoms with Crippen LogP contribution in [0.25, 0.3) is 10.9 Å². The number of nitrogens with one attached hydrogen (secondary N) is 1. The molecule has 122 valence electrons. The molecule has 0 saturated carbocycles. The summed E-state index contributed by atoms with van der Waals surface area (Å²) in [4.78, 5) is 29.9. The summed E-state index contributed by atoms with van der Waals surface area (Å²) in [6.45, 7) is 0.657. The Morgan fingerprint density at radius 2 is 2.17 bits per heavy atom. The van der Waals surface area contributed by atoms with Crippen molar-refractivity contribution in [3.63, 3.8) is 0 Å². The monoisotopic (exact) mass is 322 g/mol. The Morgan fingerprint density at radius 3 is 2.96 bits per heavy atom. The quantitative estimate of drug-likeness (QED) is 0.786. The number of para-hydroxylation sites is 1. The number of nitrogens with zero attached hydrogens (tertiary/aromatic N) is 3. The number of carbonyl (C=O) groups excluding carboxylic acids is 1. The van der Waals surface area contributed by atoms with Gasteiger partial charge in [-0.15, -0.1) is 0 Å². The van der Waals surface area contributed by atoms with Crippen LogP contribution in [0.1, 0.15) is 34.8 Å². The molecule has 1 aromatic carbocycles. The molecule has 1 aliphatic heterocycles. The van der Waals surface area contributed by atoms with E-state index in [0.717, 1.165) is 29.3 Å². The lowest BCUT2D eigenvalue weighted by atomic mass is 10.1. The van der Waals surface area contributed by atoms with Gasteiger partial charge >= 0.3 is 0 Å². The summed E-state index contributed by atoms with van der Waals surface area (Å²) >= 11 is 0. The number of amides is 1. The number of pyridine rings is 1. The zero-order chi connectivity index (χ0) is 16.7. The number of aromatic amines is 1. The highest BCUT2D eigenvalue weighted by atomic mass is 16.2. The highest BCUT2D eigenvalue weighted by molar-refractivity contribution is 5.97. The zero-order valence-corrected chi connectivity index (χ0v) is 13.4. The van der Waals surface area contributed by atoms with E-state index >= 15 is 0 Å². The second kappa shape index (κ2) is 5.63. The molecule has 6 heteroatoms. The number of aryl methyl sites for hydroxylation is 1. The molecule has 1 fully saturated rings. The van der Waals surface area contributed by atoms with E-state index in [1.807, 2.05) is 37.5 Å². The van der Waals surface area contributed by atoms with Crippen LogP contribution in [-0.2, 0) is 7.05 Å². The highest BCUT2D eigenvalue weighted by Gasteiger charge is 2.32. The molecule has 0 aliphatic carbocycles. The molecule has 24 heavy (non-hydrogen) atoms. The van der Waals surface area contributed by atoms with Crippen molar-refractivity contribution in [1.29, 1.82) is 0 Å². The fourth-order valence-electron chi connectivity index (χ4n) is 3.43. The molecular weight excluding hydrogens is 304 g/mol. The predicted octanol–water partition coefficient (Wildman–Crippen LogP) is 2.24. The van der Waals surface area contributed by atoms with Crippen LogP contribution >= 0.6 is 0 Å². The highest BCUT2D eigenvalue weighted by Crippen LogP contribution is 2.32. The third-order valence-electron chi connectivity index (χ3n) is 4.61. The first-order valence-corrected chi connectivity index (χ1v) is 8.05. The Labute approximate surface area is 138 Å². The SMILES string of the molecule is Cn1cc(C2CCCN2C(=O)c2cc3ccccc3[nH]c2=O)cn1. The summed E-state index contributed by atoms with van der Waals surface area (Å²) in [5.74, 6) is -0.214. The summed E-state index contributed by atoms with van der Waals surface area (Å²) in [6.07, 6.45) is 5.54. The van der Waals surface area contributed by atoms with E-state index in [1.54, 1.807) is 21.8 Å². The number of aromatic nitrogens is 3. The molecule has 1 aliphatic rings. The molecule has 1 unspecified atom stereocenters. The Kier molecular flexibility index (Phi) is 3.45. The normalized spacial score (nSPS) is 17.5. The van der Waals surface area contributed by atoms with Crippen molar-refractivity contribution in [1.82, 2.24) is 19.7 Å². The van der Waals surface area contributed by atoms with Crippen molar-refractivity contribution in [2.75, 3.05) is 6.54 Å². The largest absolute Gasteiger partial charge is 0.331 e. The number of benzene rings is 1. The van der Waals surface area contributed by atoms with Crippen LogP contribution in [0, 0.1) is 0 Å². The first-order chi connectivity index (χ1) is 11.6. The fraction of sp³-hybridized carbons (Fsp3) is 0.278. The molecule has 0 bridgehead atoms. The Bertz CT molecular complexity index is 972. The van der Waals surface area contributed by atoms with E-state index in [2.05, 4.69) is 10.1 Å². The Morgan fingerprint density at radius 1 is 1.33 bits per heavy atom. The second-order valence-corrected chi connectivity index (χ2v) is 6.20. The zero-order valence-electron chi connectivity index (χ0n) is 13.4. The minimum Gasteiger partial charge on any atom is -0.331 e. The predicted molar refractivity (Wildman–Crippen MR) is 90.8 cm³/mol. The molecule has 1 amide bonds. The van der Waals surface area contributed by atoms with E-state index in [0.29, 0.717) is 6.54 Å². The van der Waals surface area contributed by atoms with E-state index in [-0.39, 0.29) is 23.1 Å². The average molecular weight is 322 g/mol. The lowest BCUT2D eigenvalue weighted by Gasteiger charge is -2.23. The number of rotatable bonds is 2. The number of likely N-dealkylation sites (tertiary alicyclic amines) is 1. The van der Waals surface area contributed by atoms with Gasteiger partial charge in [0.1, 0.15) is 5.56 Å². The Balaban J connectivity index is 1.72. The van der Waals surface area contributed by atoms with Gasteiger partial charge in [0.05, 0.1) is 12.2 Å². The van der Waals surface area contributed by atoms with Gasteiger partial charge in [-0.25, -0.2) is 0 Å². The van der Waals surface area contributed by atoms with Crippen LogP contribution in [0.15, 0.2) is 47.5 Å². The van der Waals surface area contributed by atoms with Crippen LogP contribution in [0.5, 0.6) is 0 Å². The molecule has 0 spiro atoms. The first kappa shape index (κ1) is 14.7. The van der Waals surface area contributed by atoms with Crippen molar-refractivity contribution >= 4 is 16.8 Å². The molecule has 2 aromatic heterocycles. The van der Waals surface area contributed by atoms with Crippen LogP contribution < -0.4 is 5.56 Å². The number of H-pyrrole nitrogens is 1. The fourth-order valence-corrected chi connectivity index (χ4v) is 3.43. The molecule has 0 radical (unpaired) electrons. The van der Waals surface area contributed by atoms with Gasteiger partial charge in [-0.05, 0) is 30.4 Å². The molecule has 3 heterocycles. The maximum atomic E-state index is 13.0. The number of hydrogen-bond acceptors (Lipinski definition) is 3. The van der Waals surface area contributed by atoms with Crippen molar-refractivity contribution in [2.24, 2.45) is 7.05 Å². The molecule has 1 atom stereocenters. The van der Waals surface area contributed by atoms with Crippen LogP contribution in [0.3, 0.4) is 0 Å². The molecule has 6 nitrogen and oxygen atoms in total. The van der Waals surface area contributed by atoms with E-state index in [4.69, 9.17) is 0 Å². The summed E-state index contributed by atoms with van der Waals surface area (Å²) < 4.78 is 1.74. The van der Waals surface area contributed by atoms with Gasteiger partial charge in [-0.1, -0.05) is 18.2 Å². The van der Waals surface area contributed by atoms with Crippen molar-refractivity contribution in [3.8, 4) is 0 Å². The summed E-state index contributed by atoms with van der Waals surface area (Å²) in [7, 11) is 1.86. The molecule has 1 saturated heterocycles. The third kappa shape index (κ3) is 2.40. The lowest BCUT2D eigenvalue weighted by Crippen LogP contribution is -2.34. The van der Waals surface area contributed by atoms with Gasteiger partial charge in [0.25, 0.3) is 11.5 Å². The number of carbonyl (C=O) groups is 1. The van der Waals surface area contributed by atoms with E-state index < -0.39 is 0 Å². The van der Waals surface area contributed by atoms with Gasteiger partial charge in [0.2, 0.25) is 0 Å². The molecule has 1 N–H and O–H groups in total. The Hall–Kier alpha value is -2.89. The van der Waals surface area contributed by atoms with E-state index in [9.17, 15) is 9.59 Å². The van der Waals surface area contributed by atoms with Gasteiger partial charge in [-0.2, -0.15) is 5.10 Å². The molecule has 3 aromatic rings. The van der Waals surface area contributed by atoms with Crippen LogP contribution in [-0.4, -0.2) is 32.1 Å². The first-order valence-electron chi connectivity index (χ1n) is 8.05. The van der Waals surface area contributed by atoms with Crippen LogP contribution in [0.4, 0.5) is 0 Å². The summed E-state index contributed by atoms with van der Waals surface area (Å²) in [5.41, 5.74) is 1.62. The molecule has 4 rings (SSSR count). The van der Waals surface area contributed by atoms with Gasteiger partial charge < -0.3 is 9.88 Å². The lowest BCUT2D eigenvalue weighted by molar-refractivity contribution is 0.0734. The topological polar surface area (TPSA) is 71.0 Å².